The molecule has 0 aromatic heterocycles. The van der Waals surface area contributed by atoms with Gasteiger partial charge in [0.25, 0.3) is 0 Å². The summed E-state index contributed by atoms with van der Waals surface area (Å²) in [5.74, 6) is 3.20. The third-order valence-electron chi connectivity index (χ3n) is 6.46. The molecule has 6 rings (SSSR count). The normalized spacial score (nSPS) is 17.3. The summed E-state index contributed by atoms with van der Waals surface area (Å²) in [6.07, 6.45) is 4.14. The fourth-order valence-corrected chi connectivity index (χ4v) is 3.88. The summed E-state index contributed by atoms with van der Waals surface area (Å²) in [5.41, 5.74) is 3.69. The van der Waals surface area contributed by atoms with E-state index in [1.54, 1.807) is 0 Å². The zero-order valence-corrected chi connectivity index (χ0v) is 23.1. The number of rotatable bonds is 15. The van der Waals surface area contributed by atoms with Gasteiger partial charge in [0, 0.05) is 12.4 Å². The van der Waals surface area contributed by atoms with Gasteiger partial charge in [-0.2, -0.15) is 0 Å². The molecule has 2 heterocycles. The molecule has 0 amide bonds. The number of hydrogen-bond acceptors (Lipinski definition) is 8. The Bertz CT molecular complexity index is 1350. The summed E-state index contributed by atoms with van der Waals surface area (Å²) in [7, 11) is 0. The van der Waals surface area contributed by atoms with Crippen LogP contribution in [0.15, 0.2) is 107 Å². The first-order valence-electron chi connectivity index (χ1n) is 14.0. The molecule has 42 heavy (non-hydrogen) atoms. The Kier molecular flexibility index (Phi) is 9.04. The van der Waals surface area contributed by atoms with Crippen molar-refractivity contribution in [2.75, 3.05) is 39.6 Å². The minimum Gasteiger partial charge on any atom is -0.491 e. The van der Waals surface area contributed by atoms with E-state index in [1.807, 2.05) is 109 Å². The van der Waals surface area contributed by atoms with Crippen molar-refractivity contribution in [2.45, 2.75) is 12.2 Å². The lowest BCUT2D eigenvalue weighted by atomic mass is 10.2. The summed E-state index contributed by atoms with van der Waals surface area (Å²) in [5, 5.41) is 0. The Morgan fingerprint density at radius 3 is 1.19 bits per heavy atom. The van der Waals surface area contributed by atoms with E-state index in [2.05, 4.69) is 9.98 Å². The van der Waals surface area contributed by atoms with Crippen LogP contribution in [0.2, 0.25) is 0 Å². The monoisotopic (exact) mass is 564 g/mol. The predicted molar refractivity (Wildman–Crippen MR) is 162 cm³/mol. The Balaban J connectivity index is 0.886. The molecule has 0 N–H and O–H groups in total. The van der Waals surface area contributed by atoms with Crippen molar-refractivity contribution in [3.05, 3.63) is 108 Å². The van der Waals surface area contributed by atoms with Gasteiger partial charge in [0.2, 0.25) is 0 Å². The summed E-state index contributed by atoms with van der Waals surface area (Å²) in [4.78, 5) is 9.06. The molecule has 8 nitrogen and oxygen atoms in total. The summed E-state index contributed by atoms with van der Waals surface area (Å²) >= 11 is 0. The summed E-state index contributed by atoms with van der Waals surface area (Å²) in [6, 6.07) is 31.0. The molecular formula is C34H32N2O6. The highest BCUT2D eigenvalue weighted by Gasteiger charge is 2.23. The van der Waals surface area contributed by atoms with Crippen molar-refractivity contribution in [2.24, 2.45) is 9.98 Å². The van der Waals surface area contributed by atoms with Crippen LogP contribution in [0.5, 0.6) is 23.0 Å². The van der Waals surface area contributed by atoms with Crippen molar-refractivity contribution < 1.29 is 28.4 Å². The van der Waals surface area contributed by atoms with E-state index >= 15 is 0 Å². The highest BCUT2D eigenvalue weighted by molar-refractivity contribution is 5.82. The van der Waals surface area contributed by atoms with Crippen LogP contribution in [0, 0.1) is 0 Å². The molecule has 0 bridgehead atoms. The average Bonchev–Trinajstić information content (AvgIpc) is 3.97. The van der Waals surface area contributed by atoms with Crippen LogP contribution in [0.3, 0.4) is 0 Å². The van der Waals surface area contributed by atoms with Crippen molar-refractivity contribution in [3.8, 4) is 23.0 Å². The zero-order valence-electron chi connectivity index (χ0n) is 23.1. The van der Waals surface area contributed by atoms with Crippen LogP contribution in [0.1, 0.15) is 11.1 Å². The molecule has 2 fully saturated rings. The van der Waals surface area contributed by atoms with E-state index in [0.29, 0.717) is 26.4 Å². The van der Waals surface area contributed by atoms with E-state index in [-0.39, 0.29) is 12.2 Å². The first-order valence-corrected chi connectivity index (χ1v) is 14.0. The first-order chi connectivity index (χ1) is 20.7. The van der Waals surface area contributed by atoms with Gasteiger partial charge in [0.05, 0.1) is 24.6 Å². The maximum Gasteiger partial charge on any atom is 0.122 e. The maximum atomic E-state index is 5.82. The second-order valence-electron chi connectivity index (χ2n) is 9.87. The molecule has 0 aliphatic carbocycles. The Hall–Kier alpha value is -4.66. The highest BCUT2D eigenvalue weighted by Crippen LogP contribution is 2.22. The molecule has 4 aromatic rings. The van der Waals surface area contributed by atoms with Gasteiger partial charge in [-0.25, -0.2) is 0 Å². The Labute approximate surface area is 245 Å². The van der Waals surface area contributed by atoms with Crippen molar-refractivity contribution in [1.82, 2.24) is 0 Å². The van der Waals surface area contributed by atoms with Crippen LogP contribution in [0.25, 0.3) is 0 Å². The van der Waals surface area contributed by atoms with Crippen molar-refractivity contribution in [3.63, 3.8) is 0 Å². The quantitative estimate of drug-likeness (QED) is 0.0971. The van der Waals surface area contributed by atoms with E-state index in [9.17, 15) is 0 Å². The predicted octanol–water partition coefficient (Wildman–Crippen LogP) is 6.20. The van der Waals surface area contributed by atoms with Crippen LogP contribution in [0.4, 0.5) is 11.4 Å². The second-order valence-corrected chi connectivity index (χ2v) is 9.87. The maximum absolute atomic E-state index is 5.82. The Morgan fingerprint density at radius 1 is 0.500 bits per heavy atom. The summed E-state index contributed by atoms with van der Waals surface area (Å²) < 4.78 is 33.3. The van der Waals surface area contributed by atoms with Crippen LogP contribution in [-0.4, -0.2) is 64.3 Å². The highest BCUT2D eigenvalue weighted by atomic mass is 16.6. The number of hydrogen-bond donors (Lipinski definition) is 0. The number of benzene rings is 4. The van der Waals surface area contributed by atoms with Crippen LogP contribution >= 0.6 is 0 Å². The molecule has 2 saturated heterocycles. The van der Waals surface area contributed by atoms with Crippen molar-refractivity contribution in [1.29, 1.82) is 0 Å². The van der Waals surface area contributed by atoms with E-state index in [0.717, 1.165) is 58.7 Å². The molecule has 2 unspecified atom stereocenters. The number of ether oxygens (including phenoxy) is 6. The minimum atomic E-state index is 0.246. The lowest BCUT2D eigenvalue weighted by Crippen LogP contribution is -2.09. The van der Waals surface area contributed by atoms with Crippen molar-refractivity contribution >= 4 is 23.8 Å². The van der Waals surface area contributed by atoms with Crippen LogP contribution < -0.4 is 18.9 Å². The van der Waals surface area contributed by atoms with E-state index in [1.165, 1.54) is 0 Å². The van der Waals surface area contributed by atoms with Gasteiger partial charge < -0.3 is 28.4 Å². The topological polar surface area (TPSA) is 86.7 Å². The van der Waals surface area contributed by atoms with Gasteiger partial charge in [-0.3, -0.25) is 9.98 Å². The van der Waals surface area contributed by atoms with Crippen LogP contribution in [-0.2, 0) is 9.47 Å². The van der Waals surface area contributed by atoms with Gasteiger partial charge >= 0.3 is 0 Å². The largest absolute Gasteiger partial charge is 0.491 e. The molecule has 0 saturated carbocycles. The Morgan fingerprint density at radius 2 is 0.833 bits per heavy atom. The third-order valence-corrected chi connectivity index (χ3v) is 6.46. The molecule has 8 heteroatoms. The molecule has 2 aliphatic heterocycles. The molecule has 0 spiro atoms. The lowest BCUT2D eigenvalue weighted by Gasteiger charge is -2.09. The fourth-order valence-electron chi connectivity index (χ4n) is 3.88. The first kappa shape index (κ1) is 27.5. The molecule has 2 aliphatic rings. The number of nitrogens with zero attached hydrogens (tertiary/aromatic N) is 2. The molecule has 214 valence electrons. The SMILES string of the molecule is C(=N\c1ccc(OCC2CO2)cc1)/c1ccc(OCCOc2ccc(/C=N/c3ccc(OCC4CO4)cc3)cc2)cc1. The van der Waals surface area contributed by atoms with Gasteiger partial charge in [-0.15, -0.1) is 0 Å². The number of epoxide rings is 2. The summed E-state index contributed by atoms with van der Waals surface area (Å²) in [6.45, 7) is 3.64. The van der Waals surface area contributed by atoms with Gasteiger partial charge in [0.1, 0.15) is 61.6 Å². The van der Waals surface area contributed by atoms with E-state index in [4.69, 9.17) is 28.4 Å². The number of aliphatic imine (C=N–C) groups is 2. The second kappa shape index (κ2) is 13.8. The molecule has 0 radical (unpaired) electrons. The standard InChI is InChI=1S/C34H32N2O6/c1-9-29(10-2-25(1)19-35-27-5-13-31(14-6-27)39-21-33-23-41-33)37-17-18-38-30-11-3-26(4-12-30)20-36-28-7-15-32(16-8-28)40-22-34-24-42-34/h1-16,19-20,33-34H,17-18,21-24H2/b35-19+,36-20+. The van der Waals surface area contributed by atoms with E-state index < -0.39 is 0 Å². The van der Waals surface area contributed by atoms with Gasteiger partial charge in [-0.05, 0) is 108 Å². The average molecular weight is 565 g/mol. The third kappa shape index (κ3) is 8.92. The fraction of sp³-hybridized carbons (Fsp3) is 0.235. The minimum absolute atomic E-state index is 0.246. The molecule has 4 aromatic carbocycles. The smallest absolute Gasteiger partial charge is 0.122 e. The molecule has 2 atom stereocenters. The lowest BCUT2D eigenvalue weighted by molar-refractivity contribution is 0.217. The van der Waals surface area contributed by atoms with Gasteiger partial charge in [-0.1, -0.05) is 0 Å². The molecular weight excluding hydrogens is 532 g/mol. The zero-order chi connectivity index (χ0) is 28.4. The van der Waals surface area contributed by atoms with Gasteiger partial charge in [0.15, 0.2) is 0 Å².